The van der Waals surface area contributed by atoms with Crippen molar-refractivity contribution in [2.24, 2.45) is 0 Å². The zero-order valence-corrected chi connectivity index (χ0v) is 19.8. The second kappa shape index (κ2) is 9.07. The Hall–Kier alpha value is -2.65. The van der Waals surface area contributed by atoms with E-state index in [2.05, 4.69) is 16.5 Å². The number of nitrogens with one attached hydrogen (secondary N) is 1. The van der Waals surface area contributed by atoms with Crippen molar-refractivity contribution >= 4 is 32.6 Å². The van der Waals surface area contributed by atoms with Gasteiger partial charge in [-0.3, -0.25) is 4.57 Å². The van der Waals surface area contributed by atoms with E-state index in [0.717, 1.165) is 17.5 Å². The predicted octanol–water partition coefficient (Wildman–Crippen LogP) is 4.06. The number of hydrogen-bond donors (Lipinski definition) is 1. The smallest absolute Gasteiger partial charge is 0.327 e. The molecule has 9 heteroatoms. The highest BCUT2D eigenvalue weighted by Gasteiger charge is 2.26. The zero-order valence-electron chi connectivity index (χ0n) is 18.2. The van der Waals surface area contributed by atoms with E-state index in [9.17, 15) is 13.2 Å². The Morgan fingerprint density at radius 3 is 2.72 bits per heavy atom. The van der Waals surface area contributed by atoms with Gasteiger partial charge in [0.25, 0.3) is 0 Å². The van der Waals surface area contributed by atoms with Gasteiger partial charge in [-0.1, -0.05) is 24.3 Å². The number of aromatic amines is 1. The monoisotopic (exact) mass is 474 g/mol. The minimum atomic E-state index is -3.41. The summed E-state index contributed by atoms with van der Waals surface area (Å²) in [6, 6.07) is 10.3. The molecule has 3 aromatic rings. The van der Waals surface area contributed by atoms with Gasteiger partial charge >= 0.3 is 5.69 Å². The van der Waals surface area contributed by atoms with E-state index in [1.54, 1.807) is 41.6 Å². The first kappa shape index (κ1) is 22.5. The van der Waals surface area contributed by atoms with Gasteiger partial charge in [-0.15, -0.1) is 11.8 Å². The number of sulfone groups is 1. The number of hydrogen-bond acceptors (Lipinski definition) is 6. The first-order valence-electron chi connectivity index (χ1n) is 10.3. The summed E-state index contributed by atoms with van der Waals surface area (Å²) in [6.07, 6.45) is 4.18. The highest BCUT2D eigenvalue weighted by Crippen LogP contribution is 2.41. The van der Waals surface area contributed by atoms with Crippen molar-refractivity contribution in [2.45, 2.75) is 24.6 Å². The molecule has 2 aromatic carbocycles. The minimum Gasteiger partial charge on any atom is -0.493 e. The first-order chi connectivity index (χ1) is 15.3. The maximum absolute atomic E-state index is 13.2. The number of aromatic nitrogens is 2. The molecule has 1 N–H and O–H groups in total. The average Bonchev–Trinajstić information content (AvgIpc) is 3.39. The summed E-state index contributed by atoms with van der Waals surface area (Å²) in [5.41, 5.74) is 2.78. The Kier molecular flexibility index (Phi) is 6.39. The average molecular weight is 475 g/mol. The van der Waals surface area contributed by atoms with E-state index in [0.29, 0.717) is 29.2 Å². The third kappa shape index (κ3) is 4.45. The molecule has 0 aliphatic carbocycles. The molecule has 0 radical (unpaired) electrons. The Bertz CT molecular complexity index is 1320. The Morgan fingerprint density at radius 2 is 2.06 bits per heavy atom. The fraction of sp³-hybridized carbons (Fsp3) is 0.348. The molecule has 1 aliphatic heterocycles. The van der Waals surface area contributed by atoms with Gasteiger partial charge in [-0.2, -0.15) is 0 Å². The van der Waals surface area contributed by atoms with Crippen LogP contribution in [0.5, 0.6) is 11.5 Å². The molecule has 2 atom stereocenters. The number of ether oxygens (including phenoxy) is 2. The third-order valence-corrected chi connectivity index (χ3v) is 7.51. The molecular formula is C23H26N2O5S2. The number of rotatable bonds is 8. The van der Waals surface area contributed by atoms with Crippen LogP contribution in [0.4, 0.5) is 0 Å². The second-order valence-corrected chi connectivity index (χ2v) is 11.0. The Morgan fingerprint density at radius 1 is 1.25 bits per heavy atom. The SMILES string of the molecule is CCOc1cc([C@@H](CS(C)(=O)=O)n2c(=O)[nH]c3c(C4CC=CS4)cccc32)ccc1OC. The van der Waals surface area contributed by atoms with Crippen molar-refractivity contribution in [3.63, 3.8) is 0 Å². The lowest BCUT2D eigenvalue weighted by molar-refractivity contribution is 0.310. The van der Waals surface area contributed by atoms with Gasteiger partial charge in [0.15, 0.2) is 11.5 Å². The van der Waals surface area contributed by atoms with Crippen LogP contribution in [-0.2, 0) is 9.84 Å². The van der Waals surface area contributed by atoms with Crippen molar-refractivity contribution in [3.05, 3.63) is 69.5 Å². The largest absolute Gasteiger partial charge is 0.493 e. The van der Waals surface area contributed by atoms with Crippen LogP contribution in [0.15, 0.2) is 52.7 Å². The molecule has 1 unspecified atom stereocenters. The normalized spacial score (nSPS) is 17.0. The molecule has 0 spiro atoms. The van der Waals surface area contributed by atoms with E-state index in [4.69, 9.17) is 9.47 Å². The van der Waals surface area contributed by atoms with Crippen molar-refractivity contribution in [1.82, 2.24) is 9.55 Å². The number of imidazole rings is 1. The number of allylic oxidation sites excluding steroid dienone is 1. The van der Waals surface area contributed by atoms with Crippen LogP contribution in [0.2, 0.25) is 0 Å². The Balaban J connectivity index is 1.90. The topological polar surface area (TPSA) is 90.4 Å². The molecule has 0 saturated carbocycles. The van der Waals surface area contributed by atoms with E-state index >= 15 is 0 Å². The second-order valence-electron chi connectivity index (χ2n) is 7.73. The molecule has 7 nitrogen and oxygen atoms in total. The lowest BCUT2D eigenvalue weighted by Gasteiger charge is -2.20. The number of H-pyrrole nitrogens is 1. The molecule has 0 saturated heterocycles. The number of nitrogens with zero attached hydrogens (tertiary/aromatic N) is 1. The molecule has 170 valence electrons. The standard InChI is InChI=1S/C23H26N2O5S2/c1-4-30-20-13-15(10-11-19(20)29-2)18(14-32(3,27)28)25-17-8-5-7-16(21-9-6-12-31-21)22(17)24-23(25)26/h5-8,10-13,18,21H,4,9,14H2,1-3H3,(H,24,26)/t18-,21?/m1/s1. The molecule has 2 heterocycles. The first-order valence-corrected chi connectivity index (χ1v) is 13.3. The molecule has 0 amide bonds. The molecule has 0 fully saturated rings. The number of thioether (sulfide) groups is 1. The summed E-state index contributed by atoms with van der Waals surface area (Å²) < 4.78 is 37.4. The van der Waals surface area contributed by atoms with Gasteiger partial charge in [0.05, 0.1) is 36.5 Å². The number of methoxy groups -OCH3 is 1. The minimum absolute atomic E-state index is 0.221. The molecule has 1 aliphatic rings. The van der Waals surface area contributed by atoms with E-state index in [1.165, 1.54) is 6.26 Å². The molecule has 32 heavy (non-hydrogen) atoms. The maximum Gasteiger partial charge on any atom is 0.327 e. The summed E-state index contributed by atoms with van der Waals surface area (Å²) in [6.45, 7) is 2.29. The van der Waals surface area contributed by atoms with Crippen LogP contribution in [0.25, 0.3) is 11.0 Å². The van der Waals surface area contributed by atoms with Crippen LogP contribution in [0, 0.1) is 0 Å². The summed E-state index contributed by atoms with van der Waals surface area (Å²) in [5, 5.41) is 2.29. The van der Waals surface area contributed by atoms with E-state index in [1.807, 2.05) is 25.1 Å². The summed E-state index contributed by atoms with van der Waals surface area (Å²) in [5.74, 6) is 0.836. The molecule has 1 aromatic heterocycles. The highest BCUT2D eigenvalue weighted by molar-refractivity contribution is 8.02. The molecule has 0 bridgehead atoms. The van der Waals surface area contributed by atoms with Gasteiger partial charge in [0.1, 0.15) is 9.84 Å². The maximum atomic E-state index is 13.2. The third-order valence-electron chi connectivity index (χ3n) is 5.47. The van der Waals surface area contributed by atoms with Gasteiger partial charge in [-0.05, 0) is 48.1 Å². The lowest BCUT2D eigenvalue weighted by Crippen LogP contribution is -2.28. The van der Waals surface area contributed by atoms with Crippen LogP contribution < -0.4 is 15.2 Å². The molecule has 4 rings (SSSR count). The summed E-state index contributed by atoms with van der Waals surface area (Å²) in [4.78, 5) is 16.2. The number of fused-ring (bicyclic) bond motifs is 1. The van der Waals surface area contributed by atoms with Crippen LogP contribution >= 0.6 is 11.8 Å². The quantitative estimate of drug-likeness (QED) is 0.529. The van der Waals surface area contributed by atoms with Crippen molar-refractivity contribution in [2.75, 3.05) is 25.7 Å². The van der Waals surface area contributed by atoms with Crippen molar-refractivity contribution < 1.29 is 17.9 Å². The predicted molar refractivity (Wildman–Crippen MR) is 129 cm³/mol. The van der Waals surface area contributed by atoms with Gasteiger partial charge in [0.2, 0.25) is 0 Å². The van der Waals surface area contributed by atoms with Crippen molar-refractivity contribution in [1.29, 1.82) is 0 Å². The fourth-order valence-corrected chi connectivity index (χ4v) is 6.00. The van der Waals surface area contributed by atoms with Crippen LogP contribution in [0.3, 0.4) is 0 Å². The van der Waals surface area contributed by atoms with Crippen molar-refractivity contribution in [3.8, 4) is 11.5 Å². The lowest BCUT2D eigenvalue weighted by atomic mass is 10.1. The van der Waals surface area contributed by atoms with Gasteiger partial charge in [0, 0.05) is 11.5 Å². The Labute approximate surface area is 191 Å². The number of benzene rings is 2. The van der Waals surface area contributed by atoms with Gasteiger partial charge in [-0.25, -0.2) is 13.2 Å². The van der Waals surface area contributed by atoms with Gasteiger partial charge < -0.3 is 14.5 Å². The fourth-order valence-electron chi connectivity index (χ4n) is 4.11. The summed E-state index contributed by atoms with van der Waals surface area (Å²) in [7, 11) is -1.86. The highest BCUT2D eigenvalue weighted by atomic mass is 32.2. The number of para-hydroxylation sites is 1. The summed E-state index contributed by atoms with van der Waals surface area (Å²) >= 11 is 1.71. The van der Waals surface area contributed by atoms with E-state index < -0.39 is 15.9 Å². The van der Waals surface area contributed by atoms with Crippen LogP contribution in [0.1, 0.15) is 35.8 Å². The zero-order chi connectivity index (χ0) is 22.9. The van der Waals surface area contributed by atoms with Crippen LogP contribution in [-0.4, -0.2) is 43.7 Å². The molecular weight excluding hydrogens is 448 g/mol. The van der Waals surface area contributed by atoms with E-state index in [-0.39, 0.29) is 16.7 Å².